The Bertz CT molecular complexity index is 443. The molecule has 3 rings (SSSR count). The van der Waals surface area contributed by atoms with Crippen LogP contribution in [0.3, 0.4) is 0 Å². The first-order valence-electron chi connectivity index (χ1n) is 7.51. The second-order valence-corrected chi connectivity index (χ2v) is 7.26. The highest BCUT2D eigenvalue weighted by Gasteiger charge is 2.47. The molecule has 2 aliphatic rings. The molecule has 1 aliphatic heterocycles. The molecule has 0 radical (unpaired) electrons. The van der Waals surface area contributed by atoms with Crippen LogP contribution in [0.15, 0.2) is 24.3 Å². The predicted octanol–water partition coefficient (Wildman–Crippen LogP) is 2.96. The molecule has 1 aromatic rings. The van der Waals surface area contributed by atoms with Gasteiger partial charge in [0.1, 0.15) is 0 Å². The van der Waals surface area contributed by atoms with Gasteiger partial charge >= 0.3 is 0 Å². The van der Waals surface area contributed by atoms with Gasteiger partial charge in [0.25, 0.3) is 0 Å². The average molecular weight is 258 g/mol. The van der Waals surface area contributed by atoms with Crippen LogP contribution in [-0.2, 0) is 6.54 Å². The van der Waals surface area contributed by atoms with Crippen molar-refractivity contribution in [2.75, 3.05) is 19.6 Å². The maximum Gasteiger partial charge on any atom is 0.0281 e. The molecule has 104 valence electrons. The fourth-order valence-corrected chi connectivity index (χ4v) is 3.12. The highest BCUT2D eigenvalue weighted by Crippen LogP contribution is 2.47. The number of hydrogen-bond acceptors (Lipinski definition) is 2. The Morgan fingerprint density at radius 1 is 1.11 bits per heavy atom. The molecule has 1 N–H and O–H groups in total. The Hall–Kier alpha value is -0.860. The standard InChI is InChI=1S/C17H26N2/c1-14-4-6-15(7-5-14)10-19-13-17(8-9-17)12-18-11-16(19,2)3/h4-7,18H,8-13H2,1-3H3. The van der Waals surface area contributed by atoms with Gasteiger partial charge in [-0.15, -0.1) is 0 Å². The summed E-state index contributed by atoms with van der Waals surface area (Å²) < 4.78 is 0. The van der Waals surface area contributed by atoms with Crippen LogP contribution in [0.2, 0.25) is 0 Å². The van der Waals surface area contributed by atoms with Gasteiger partial charge in [0.2, 0.25) is 0 Å². The van der Waals surface area contributed by atoms with Gasteiger partial charge in [0.05, 0.1) is 0 Å². The van der Waals surface area contributed by atoms with Gasteiger partial charge in [-0.25, -0.2) is 0 Å². The Kier molecular flexibility index (Phi) is 3.18. The van der Waals surface area contributed by atoms with Crippen LogP contribution in [0, 0.1) is 12.3 Å². The maximum atomic E-state index is 3.67. The molecule has 1 heterocycles. The van der Waals surface area contributed by atoms with E-state index in [0.717, 1.165) is 13.1 Å². The third kappa shape index (κ3) is 2.85. The molecule has 1 spiro atoms. The van der Waals surface area contributed by atoms with Crippen LogP contribution in [0.25, 0.3) is 0 Å². The third-order valence-electron chi connectivity index (χ3n) is 4.89. The molecule has 0 unspecified atom stereocenters. The molecule has 0 bridgehead atoms. The first-order chi connectivity index (χ1) is 8.99. The van der Waals surface area contributed by atoms with Crippen LogP contribution in [0.4, 0.5) is 0 Å². The zero-order valence-electron chi connectivity index (χ0n) is 12.5. The molecule has 2 heteroatoms. The van der Waals surface area contributed by atoms with Crippen LogP contribution in [-0.4, -0.2) is 30.1 Å². The molecule has 2 nitrogen and oxygen atoms in total. The summed E-state index contributed by atoms with van der Waals surface area (Å²) in [4.78, 5) is 2.69. The first kappa shape index (κ1) is 13.1. The van der Waals surface area contributed by atoms with Crippen molar-refractivity contribution in [3.63, 3.8) is 0 Å². The molecule has 1 aliphatic carbocycles. The second kappa shape index (κ2) is 4.60. The number of hydrogen-bond donors (Lipinski definition) is 1. The normalized spacial score (nSPS) is 25.2. The van der Waals surface area contributed by atoms with Crippen molar-refractivity contribution in [2.45, 2.75) is 45.7 Å². The van der Waals surface area contributed by atoms with E-state index in [2.05, 4.69) is 55.3 Å². The Morgan fingerprint density at radius 3 is 2.42 bits per heavy atom. The van der Waals surface area contributed by atoms with Crippen LogP contribution >= 0.6 is 0 Å². The van der Waals surface area contributed by atoms with E-state index < -0.39 is 0 Å². The van der Waals surface area contributed by atoms with Crippen molar-refractivity contribution >= 4 is 0 Å². The van der Waals surface area contributed by atoms with Crippen LogP contribution in [0.5, 0.6) is 0 Å². The molecule has 2 fully saturated rings. The SMILES string of the molecule is Cc1ccc(CN2CC3(CC3)CNCC2(C)C)cc1. The largest absolute Gasteiger partial charge is 0.314 e. The van der Waals surface area contributed by atoms with E-state index in [4.69, 9.17) is 0 Å². The van der Waals surface area contributed by atoms with E-state index in [9.17, 15) is 0 Å². The highest BCUT2D eigenvalue weighted by atomic mass is 15.2. The van der Waals surface area contributed by atoms with Gasteiger partial charge < -0.3 is 5.32 Å². The van der Waals surface area contributed by atoms with Gasteiger partial charge in [-0.05, 0) is 44.6 Å². The van der Waals surface area contributed by atoms with Crippen molar-refractivity contribution in [2.24, 2.45) is 5.41 Å². The summed E-state index contributed by atoms with van der Waals surface area (Å²) in [5, 5.41) is 3.67. The quantitative estimate of drug-likeness (QED) is 0.877. The first-order valence-corrected chi connectivity index (χ1v) is 7.51. The summed E-state index contributed by atoms with van der Waals surface area (Å²) >= 11 is 0. The van der Waals surface area contributed by atoms with Gasteiger partial charge in [0.15, 0.2) is 0 Å². The monoisotopic (exact) mass is 258 g/mol. The Labute approximate surface area is 117 Å². The molecule has 0 atom stereocenters. The van der Waals surface area contributed by atoms with E-state index in [1.165, 1.54) is 37.1 Å². The van der Waals surface area contributed by atoms with Gasteiger partial charge in [-0.2, -0.15) is 0 Å². The summed E-state index contributed by atoms with van der Waals surface area (Å²) in [6.45, 7) is 11.5. The maximum absolute atomic E-state index is 3.67. The smallest absolute Gasteiger partial charge is 0.0281 e. The van der Waals surface area contributed by atoms with E-state index in [1.807, 2.05) is 0 Å². The minimum atomic E-state index is 0.247. The summed E-state index contributed by atoms with van der Waals surface area (Å²) in [5.41, 5.74) is 3.62. The van der Waals surface area contributed by atoms with Gasteiger partial charge in [0, 0.05) is 31.7 Å². The molecular weight excluding hydrogens is 232 g/mol. The number of rotatable bonds is 2. The number of aryl methyl sites for hydroxylation is 1. The van der Waals surface area contributed by atoms with E-state index in [0.29, 0.717) is 5.41 Å². The van der Waals surface area contributed by atoms with Gasteiger partial charge in [-0.1, -0.05) is 29.8 Å². The second-order valence-electron chi connectivity index (χ2n) is 7.26. The summed E-state index contributed by atoms with van der Waals surface area (Å²) in [5.74, 6) is 0. The lowest BCUT2D eigenvalue weighted by atomic mass is 10.00. The molecule has 1 aromatic carbocycles. The van der Waals surface area contributed by atoms with Gasteiger partial charge in [-0.3, -0.25) is 4.90 Å². The third-order valence-corrected chi connectivity index (χ3v) is 4.89. The molecule has 1 saturated heterocycles. The number of nitrogens with zero attached hydrogens (tertiary/aromatic N) is 1. The molecule has 19 heavy (non-hydrogen) atoms. The molecular formula is C17H26N2. The number of benzene rings is 1. The van der Waals surface area contributed by atoms with E-state index in [1.54, 1.807) is 0 Å². The Balaban J connectivity index is 1.77. The van der Waals surface area contributed by atoms with Crippen molar-refractivity contribution in [1.82, 2.24) is 10.2 Å². The number of nitrogens with one attached hydrogen (secondary N) is 1. The van der Waals surface area contributed by atoms with Crippen molar-refractivity contribution in [3.05, 3.63) is 35.4 Å². The van der Waals surface area contributed by atoms with Crippen molar-refractivity contribution in [3.8, 4) is 0 Å². The topological polar surface area (TPSA) is 15.3 Å². The van der Waals surface area contributed by atoms with Crippen LogP contribution < -0.4 is 5.32 Å². The molecule has 0 aromatic heterocycles. The predicted molar refractivity (Wildman–Crippen MR) is 80.2 cm³/mol. The minimum absolute atomic E-state index is 0.247. The lowest BCUT2D eigenvalue weighted by Gasteiger charge is -2.38. The summed E-state index contributed by atoms with van der Waals surface area (Å²) in [6, 6.07) is 9.02. The highest BCUT2D eigenvalue weighted by molar-refractivity contribution is 5.21. The fourth-order valence-electron chi connectivity index (χ4n) is 3.12. The zero-order valence-corrected chi connectivity index (χ0v) is 12.5. The van der Waals surface area contributed by atoms with E-state index in [-0.39, 0.29) is 5.54 Å². The van der Waals surface area contributed by atoms with Crippen LogP contribution in [0.1, 0.15) is 37.8 Å². The minimum Gasteiger partial charge on any atom is -0.314 e. The lowest BCUT2D eigenvalue weighted by molar-refractivity contribution is 0.107. The van der Waals surface area contributed by atoms with Crippen molar-refractivity contribution < 1.29 is 0 Å². The summed E-state index contributed by atoms with van der Waals surface area (Å²) in [7, 11) is 0. The Morgan fingerprint density at radius 2 is 1.79 bits per heavy atom. The summed E-state index contributed by atoms with van der Waals surface area (Å²) in [6.07, 6.45) is 2.81. The zero-order chi connectivity index (χ0) is 13.5. The van der Waals surface area contributed by atoms with Crippen molar-refractivity contribution in [1.29, 1.82) is 0 Å². The fraction of sp³-hybridized carbons (Fsp3) is 0.647. The molecule has 0 amide bonds. The molecule has 1 saturated carbocycles. The van der Waals surface area contributed by atoms with E-state index >= 15 is 0 Å². The lowest BCUT2D eigenvalue weighted by Crippen LogP contribution is -2.48. The average Bonchev–Trinajstić information content (AvgIpc) is 3.12.